The highest BCUT2D eigenvalue weighted by molar-refractivity contribution is 6.23. The SMILES string of the molecule is [2H]c1c([2H])c([2H])c(-c2c3ccccc3c(-c3oc4ccccc4c3-c3ccc4oc5ccccc5c4c3)c3ccccc23)c([2H])c1[2H]. The lowest BCUT2D eigenvalue weighted by atomic mass is 9.86. The van der Waals surface area contributed by atoms with E-state index in [-0.39, 0.29) is 29.7 Å². The summed E-state index contributed by atoms with van der Waals surface area (Å²) in [6, 6.07) is 36.3. The molecule has 0 aliphatic heterocycles. The van der Waals surface area contributed by atoms with Crippen molar-refractivity contribution in [1.82, 2.24) is 0 Å². The molecule has 0 aliphatic rings. The summed E-state index contributed by atoms with van der Waals surface area (Å²) < 4.78 is 55.8. The van der Waals surface area contributed by atoms with Crippen molar-refractivity contribution in [1.29, 1.82) is 0 Å². The molecule has 0 aliphatic carbocycles. The second-order valence-corrected chi connectivity index (χ2v) is 10.5. The molecular weight excluding hydrogens is 512 g/mol. The van der Waals surface area contributed by atoms with E-state index in [1.165, 1.54) is 0 Å². The molecule has 9 aromatic rings. The van der Waals surface area contributed by atoms with Crippen LogP contribution in [-0.2, 0) is 0 Å². The minimum Gasteiger partial charge on any atom is -0.456 e. The van der Waals surface area contributed by atoms with Gasteiger partial charge < -0.3 is 8.83 Å². The third-order valence-electron chi connectivity index (χ3n) is 8.17. The van der Waals surface area contributed by atoms with Gasteiger partial charge in [0, 0.05) is 27.3 Å². The topological polar surface area (TPSA) is 26.3 Å². The summed E-state index contributed by atoms with van der Waals surface area (Å²) in [4.78, 5) is 0. The summed E-state index contributed by atoms with van der Waals surface area (Å²) in [5, 5.41) is 6.26. The predicted molar refractivity (Wildman–Crippen MR) is 175 cm³/mol. The van der Waals surface area contributed by atoms with Gasteiger partial charge in [-0.3, -0.25) is 0 Å². The number of rotatable bonds is 3. The van der Waals surface area contributed by atoms with Crippen LogP contribution < -0.4 is 0 Å². The first-order valence-corrected chi connectivity index (χ1v) is 13.9. The van der Waals surface area contributed by atoms with E-state index in [1.807, 2.05) is 91.0 Å². The molecular formula is C40H24O2. The van der Waals surface area contributed by atoms with Crippen molar-refractivity contribution < 1.29 is 15.7 Å². The van der Waals surface area contributed by atoms with Crippen molar-refractivity contribution in [2.75, 3.05) is 0 Å². The molecule has 0 saturated carbocycles. The van der Waals surface area contributed by atoms with Gasteiger partial charge in [-0.1, -0.05) is 121 Å². The Morgan fingerprint density at radius 2 is 0.905 bits per heavy atom. The molecule has 0 fully saturated rings. The summed E-state index contributed by atoms with van der Waals surface area (Å²) >= 11 is 0. The Kier molecular flexibility index (Phi) is 3.98. The lowest BCUT2D eigenvalue weighted by Gasteiger charge is -2.17. The minimum atomic E-state index is -0.414. The first-order chi connectivity index (χ1) is 22.9. The normalized spacial score (nSPS) is 13.5. The van der Waals surface area contributed by atoms with Gasteiger partial charge in [-0.05, 0) is 62.5 Å². The first kappa shape index (κ1) is 18.7. The summed E-state index contributed by atoms with van der Waals surface area (Å²) in [6.07, 6.45) is 0. The van der Waals surface area contributed by atoms with E-state index in [9.17, 15) is 0 Å². The Hall–Kier alpha value is -5.60. The Balaban J connectivity index is 1.43. The zero-order chi connectivity index (χ0) is 32.0. The molecule has 0 saturated heterocycles. The highest BCUT2D eigenvalue weighted by Crippen LogP contribution is 2.49. The molecule has 196 valence electrons. The lowest BCUT2D eigenvalue weighted by molar-refractivity contribution is 0.634. The molecule has 0 spiro atoms. The average molecular weight is 542 g/mol. The van der Waals surface area contributed by atoms with Crippen LogP contribution in [0, 0.1) is 0 Å². The molecule has 7 aromatic carbocycles. The van der Waals surface area contributed by atoms with E-state index < -0.39 is 6.04 Å². The van der Waals surface area contributed by atoms with Crippen LogP contribution in [0.1, 0.15) is 6.85 Å². The van der Waals surface area contributed by atoms with E-state index in [2.05, 4.69) is 24.3 Å². The summed E-state index contributed by atoms with van der Waals surface area (Å²) in [6.45, 7) is 0. The number of para-hydroxylation sites is 2. The van der Waals surface area contributed by atoms with E-state index in [4.69, 9.17) is 15.7 Å². The van der Waals surface area contributed by atoms with Gasteiger partial charge in [0.15, 0.2) is 0 Å². The molecule has 0 bridgehead atoms. The number of hydrogen-bond acceptors (Lipinski definition) is 2. The molecule has 0 radical (unpaired) electrons. The van der Waals surface area contributed by atoms with Gasteiger partial charge in [-0.2, -0.15) is 0 Å². The first-order valence-electron chi connectivity index (χ1n) is 16.4. The van der Waals surface area contributed by atoms with Crippen molar-refractivity contribution >= 4 is 54.5 Å². The molecule has 0 amide bonds. The third-order valence-corrected chi connectivity index (χ3v) is 8.17. The molecule has 0 unspecified atom stereocenters. The van der Waals surface area contributed by atoms with E-state index in [0.717, 1.165) is 71.1 Å². The van der Waals surface area contributed by atoms with E-state index >= 15 is 0 Å². The number of benzene rings is 7. The van der Waals surface area contributed by atoms with Crippen LogP contribution in [0.4, 0.5) is 0 Å². The van der Waals surface area contributed by atoms with Crippen molar-refractivity contribution in [2.24, 2.45) is 0 Å². The zero-order valence-corrected chi connectivity index (χ0v) is 22.3. The maximum Gasteiger partial charge on any atom is 0.144 e. The van der Waals surface area contributed by atoms with Crippen LogP contribution in [0.25, 0.3) is 88.0 Å². The van der Waals surface area contributed by atoms with Gasteiger partial charge in [0.1, 0.15) is 22.5 Å². The number of hydrogen-bond donors (Lipinski definition) is 0. The Morgan fingerprint density at radius 1 is 0.381 bits per heavy atom. The molecule has 0 atom stereocenters. The van der Waals surface area contributed by atoms with Crippen molar-refractivity contribution in [3.05, 3.63) is 145 Å². The van der Waals surface area contributed by atoms with Gasteiger partial charge in [0.05, 0.1) is 6.85 Å². The largest absolute Gasteiger partial charge is 0.456 e. The maximum absolute atomic E-state index is 8.87. The van der Waals surface area contributed by atoms with Gasteiger partial charge in [-0.15, -0.1) is 0 Å². The fourth-order valence-electron chi connectivity index (χ4n) is 6.41. The van der Waals surface area contributed by atoms with Crippen molar-refractivity contribution in [3.8, 4) is 33.6 Å². The summed E-state index contributed by atoms with van der Waals surface area (Å²) in [5.74, 6) is 0.693. The minimum absolute atomic E-state index is 0.178. The standard InChI is InChI=1S/C40H24O2/c1-2-12-25(13-3-1)37-28-15-4-6-17-30(28)39(31-18-7-5-16-29(31)37)40-38(32-19-9-11-21-35(32)42-40)26-22-23-36-33(24-26)27-14-8-10-20-34(27)41-36/h1-24H/i1D,2D,3D,12D,13D. The molecule has 42 heavy (non-hydrogen) atoms. The van der Waals surface area contributed by atoms with Gasteiger partial charge in [0.25, 0.3) is 0 Å². The van der Waals surface area contributed by atoms with Crippen LogP contribution in [0.3, 0.4) is 0 Å². The Morgan fingerprint density at radius 3 is 1.57 bits per heavy atom. The van der Waals surface area contributed by atoms with Crippen LogP contribution in [0.5, 0.6) is 0 Å². The molecule has 2 aromatic heterocycles. The maximum atomic E-state index is 8.87. The molecule has 0 N–H and O–H groups in total. The van der Waals surface area contributed by atoms with Crippen LogP contribution in [-0.4, -0.2) is 0 Å². The van der Waals surface area contributed by atoms with Gasteiger partial charge >= 0.3 is 0 Å². The number of furan rings is 2. The highest BCUT2D eigenvalue weighted by Gasteiger charge is 2.24. The smallest absolute Gasteiger partial charge is 0.144 e. The van der Waals surface area contributed by atoms with E-state index in [1.54, 1.807) is 0 Å². The summed E-state index contributed by atoms with van der Waals surface area (Å²) in [7, 11) is 0. The third kappa shape index (κ3) is 3.33. The lowest BCUT2D eigenvalue weighted by Crippen LogP contribution is -1.91. The summed E-state index contributed by atoms with van der Waals surface area (Å²) in [5.41, 5.74) is 5.96. The van der Waals surface area contributed by atoms with Crippen molar-refractivity contribution in [3.63, 3.8) is 0 Å². The van der Waals surface area contributed by atoms with Crippen LogP contribution >= 0.6 is 0 Å². The van der Waals surface area contributed by atoms with Crippen molar-refractivity contribution in [2.45, 2.75) is 0 Å². The second-order valence-electron chi connectivity index (χ2n) is 10.5. The fraction of sp³-hybridized carbons (Fsp3) is 0. The Labute approximate surface area is 249 Å². The molecule has 2 nitrogen and oxygen atoms in total. The number of fused-ring (bicyclic) bond motifs is 6. The fourth-order valence-corrected chi connectivity index (χ4v) is 6.41. The molecule has 2 heterocycles. The van der Waals surface area contributed by atoms with E-state index in [0.29, 0.717) is 11.3 Å². The average Bonchev–Trinajstić information content (AvgIpc) is 3.67. The highest BCUT2D eigenvalue weighted by atomic mass is 16.3. The molecule has 9 rings (SSSR count). The van der Waals surface area contributed by atoms with Gasteiger partial charge in [-0.25, -0.2) is 0 Å². The predicted octanol–water partition coefficient (Wildman–Crippen LogP) is 11.6. The zero-order valence-electron chi connectivity index (χ0n) is 27.3. The van der Waals surface area contributed by atoms with Crippen LogP contribution in [0.2, 0.25) is 0 Å². The quantitative estimate of drug-likeness (QED) is 0.208. The van der Waals surface area contributed by atoms with Crippen LogP contribution in [0.15, 0.2) is 154 Å². The Bertz CT molecular complexity index is 2670. The second kappa shape index (κ2) is 8.95. The molecule has 2 heteroatoms. The monoisotopic (exact) mass is 541 g/mol. The van der Waals surface area contributed by atoms with Gasteiger partial charge in [0.2, 0.25) is 0 Å².